The molecule has 0 atom stereocenters. The first kappa shape index (κ1) is 22.1. The maximum atomic E-state index is 11.8. The van der Waals surface area contributed by atoms with Crippen molar-refractivity contribution in [2.24, 2.45) is 0 Å². The Morgan fingerprint density at radius 1 is 1.10 bits per heavy atom. The lowest BCUT2D eigenvalue weighted by Gasteiger charge is -2.18. The van der Waals surface area contributed by atoms with Crippen molar-refractivity contribution in [2.45, 2.75) is 51.7 Å². The van der Waals surface area contributed by atoms with Gasteiger partial charge in [-0.1, -0.05) is 50.6 Å². The van der Waals surface area contributed by atoms with E-state index in [1.54, 1.807) is 23.9 Å². The summed E-state index contributed by atoms with van der Waals surface area (Å²) >= 11 is 1.67. The van der Waals surface area contributed by atoms with E-state index in [0.29, 0.717) is 11.3 Å². The SMILES string of the molecule is CCCCc1nc(CO)c(SCC)n1-c1cccc(-c2ccccc2C(=O)O)c1C. The number of benzene rings is 2. The van der Waals surface area contributed by atoms with E-state index in [2.05, 4.69) is 18.4 Å². The third-order valence-electron chi connectivity index (χ3n) is 5.15. The van der Waals surface area contributed by atoms with Gasteiger partial charge in [-0.2, -0.15) is 0 Å². The number of rotatable bonds is 9. The molecule has 0 fully saturated rings. The van der Waals surface area contributed by atoms with E-state index in [1.165, 1.54) is 0 Å². The van der Waals surface area contributed by atoms with Crippen LogP contribution in [0.5, 0.6) is 0 Å². The minimum absolute atomic E-state index is 0.102. The van der Waals surface area contributed by atoms with Gasteiger partial charge in [-0.25, -0.2) is 9.78 Å². The molecule has 0 unspecified atom stereocenters. The summed E-state index contributed by atoms with van der Waals surface area (Å²) in [4.78, 5) is 16.5. The van der Waals surface area contributed by atoms with Gasteiger partial charge in [0.05, 0.1) is 23.6 Å². The van der Waals surface area contributed by atoms with Crippen molar-refractivity contribution in [1.82, 2.24) is 9.55 Å². The van der Waals surface area contributed by atoms with E-state index in [1.807, 2.05) is 37.3 Å². The van der Waals surface area contributed by atoms with Crippen LogP contribution in [0, 0.1) is 6.92 Å². The molecule has 1 heterocycles. The van der Waals surface area contributed by atoms with Crippen LogP contribution in [0.15, 0.2) is 47.5 Å². The fraction of sp³-hybridized carbons (Fsp3) is 0.333. The Bertz CT molecular complexity index is 1040. The van der Waals surface area contributed by atoms with Crippen LogP contribution in [0.3, 0.4) is 0 Å². The van der Waals surface area contributed by atoms with Crippen LogP contribution in [0.2, 0.25) is 0 Å². The number of thioether (sulfide) groups is 1. The number of aromatic carboxylic acids is 1. The Kier molecular flexibility index (Phi) is 7.34. The summed E-state index contributed by atoms with van der Waals surface area (Å²) in [5, 5.41) is 20.5. The van der Waals surface area contributed by atoms with Gasteiger partial charge in [0.15, 0.2) is 0 Å². The van der Waals surface area contributed by atoms with Crippen molar-refractivity contribution >= 4 is 17.7 Å². The normalized spacial score (nSPS) is 11.1. The summed E-state index contributed by atoms with van der Waals surface area (Å²) in [5.41, 5.74) is 4.54. The quantitative estimate of drug-likeness (QED) is 0.444. The summed E-state index contributed by atoms with van der Waals surface area (Å²) in [6.45, 7) is 6.15. The second-order valence-corrected chi connectivity index (χ2v) is 8.36. The first-order valence-corrected chi connectivity index (χ1v) is 11.3. The summed E-state index contributed by atoms with van der Waals surface area (Å²) in [5.74, 6) is 0.863. The summed E-state index contributed by atoms with van der Waals surface area (Å²) in [6, 6.07) is 13.1. The highest BCUT2D eigenvalue weighted by Crippen LogP contribution is 2.35. The van der Waals surface area contributed by atoms with Gasteiger partial charge in [-0.15, -0.1) is 11.8 Å². The van der Waals surface area contributed by atoms with Crippen LogP contribution >= 0.6 is 11.8 Å². The molecular formula is C24H28N2O3S. The number of aryl methyl sites for hydroxylation is 1. The number of imidazole rings is 1. The Labute approximate surface area is 181 Å². The molecule has 0 radical (unpaired) electrons. The molecule has 3 aromatic rings. The molecule has 0 aliphatic carbocycles. The Balaban J connectivity index is 2.24. The Morgan fingerprint density at radius 2 is 1.83 bits per heavy atom. The van der Waals surface area contributed by atoms with Gasteiger partial charge in [0.2, 0.25) is 0 Å². The number of aliphatic hydroxyl groups excluding tert-OH is 1. The minimum Gasteiger partial charge on any atom is -0.478 e. The van der Waals surface area contributed by atoms with Gasteiger partial charge in [0.25, 0.3) is 0 Å². The molecule has 0 aliphatic rings. The van der Waals surface area contributed by atoms with Crippen molar-refractivity contribution < 1.29 is 15.0 Å². The van der Waals surface area contributed by atoms with Crippen molar-refractivity contribution in [3.8, 4) is 16.8 Å². The lowest BCUT2D eigenvalue weighted by atomic mass is 9.95. The van der Waals surface area contributed by atoms with E-state index in [0.717, 1.165) is 52.7 Å². The second-order valence-electron chi connectivity index (χ2n) is 7.11. The van der Waals surface area contributed by atoms with Crippen LogP contribution in [-0.2, 0) is 13.0 Å². The number of aliphatic hydroxyl groups is 1. The maximum Gasteiger partial charge on any atom is 0.336 e. The molecule has 30 heavy (non-hydrogen) atoms. The number of nitrogens with zero attached hydrogens (tertiary/aromatic N) is 2. The first-order valence-electron chi connectivity index (χ1n) is 10.3. The Morgan fingerprint density at radius 3 is 2.50 bits per heavy atom. The van der Waals surface area contributed by atoms with Crippen molar-refractivity contribution in [3.05, 3.63) is 65.1 Å². The average Bonchev–Trinajstić information content (AvgIpc) is 3.10. The maximum absolute atomic E-state index is 11.8. The lowest BCUT2D eigenvalue weighted by molar-refractivity contribution is 0.0697. The van der Waals surface area contributed by atoms with E-state index in [-0.39, 0.29) is 12.2 Å². The molecule has 0 saturated heterocycles. The van der Waals surface area contributed by atoms with Crippen molar-refractivity contribution in [1.29, 1.82) is 0 Å². The van der Waals surface area contributed by atoms with Crippen LogP contribution in [0.4, 0.5) is 0 Å². The topological polar surface area (TPSA) is 75.4 Å². The average molecular weight is 425 g/mol. The third-order valence-corrected chi connectivity index (χ3v) is 6.13. The van der Waals surface area contributed by atoms with E-state index >= 15 is 0 Å². The molecule has 0 aliphatic heterocycles. The fourth-order valence-electron chi connectivity index (χ4n) is 3.70. The molecule has 0 bridgehead atoms. The molecule has 1 aromatic heterocycles. The number of carboxylic acids is 1. The Hall–Kier alpha value is -2.57. The van der Waals surface area contributed by atoms with Crippen LogP contribution in [0.1, 0.15) is 54.1 Å². The number of hydrogen-bond donors (Lipinski definition) is 2. The smallest absolute Gasteiger partial charge is 0.336 e. The molecule has 0 amide bonds. The van der Waals surface area contributed by atoms with Gasteiger partial charge in [-0.3, -0.25) is 4.57 Å². The van der Waals surface area contributed by atoms with Crippen LogP contribution in [0.25, 0.3) is 16.8 Å². The third kappa shape index (κ3) is 4.30. The number of carbonyl (C=O) groups is 1. The minimum atomic E-state index is -0.938. The molecule has 3 rings (SSSR count). The zero-order valence-corrected chi connectivity index (χ0v) is 18.5. The van der Waals surface area contributed by atoms with Gasteiger partial charge in [0.1, 0.15) is 10.9 Å². The highest BCUT2D eigenvalue weighted by molar-refractivity contribution is 7.99. The summed E-state index contributed by atoms with van der Waals surface area (Å²) in [6.07, 6.45) is 2.89. The molecule has 0 spiro atoms. The number of carboxylic acid groups (broad SMARTS) is 1. The fourth-order valence-corrected chi connectivity index (χ4v) is 4.58. The predicted molar refractivity (Wildman–Crippen MR) is 122 cm³/mol. The van der Waals surface area contributed by atoms with E-state index in [4.69, 9.17) is 4.98 Å². The van der Waals surface area contributed by atoms with Gasteiger partial charge < -0.3 is 10.2 Å². The number of unbranched alkanes of at least 4 members (excludes halogenated alkanes) is 1. The van der Waals surface area contributed by atoms with Crippen LogP contribution in [-0.4, -0.2) is 31.5 Å². The molecule has 5 nitrogen and oxygen atoms in total. The van der Waals surface area contributed by atoms with Gasteiger partial charge in [-0.05, 0) is 47.9 Å². The molecule has 0 saturated carbocycles. The highest BCUT2D eigenvalue weighted by Gasteiger charge is 2.21. The highest BCUT2D eigenvalue weighted by atomic mass is 32.2. The molecular weight excluding hydrogens is 396 g/mol. The molecule has 2 N–H and O–H groups in total. The summed E-state index contributed by atoms with van der Waals surface area (Å²) < 4.78 is 2.15. The molecule has 158 valence electrons. The monoisotopic (exact) mass is 424 g/mol. The second kappa shape index (κ2) is 9.96. The van der Waals surface area contributed by atoms with Crippen molar-refractivity contribution in [3.63, 3.8) is 0 Å². The molecule has 2 aromatic carbocycles. The zero-order chi connectivity index (χ0) is 21.7. The first-order chi connectivity index (χ1) is 14.5. The molecule has 6 heteroatoms. The van der Waals surface area contributed by atoms with Gasteiger partial charge >= 0.3 is 5.97 Å². The number of hydrogen-bond acceptors (Lipinski definition) is 4. The largest absolute Gasteiger partial charge is 0.478 e. The predicted octanol–water partition coefficient (Wildman–Crippen LogP) is 5.49. The standard InChI is InChI=1S/C24H28N2O3S/c1-4-6-14-22-25-20(15-27)23(30-5-2)26(22)21-13-9-12-17(16(21)3)18-10-7-8-11-19(18)24(28)29/h7-13,27H,4-6,14-15H2,1-3H3,(H,28,29). The van der Waals surface area contributed by atoms with E-state index < -0.39 is 5.97 Å². The van der Waals surface area contributed by atoms with Gasteiger partial charge in [0, 0.05) is 6.42 Å². The zero-order valence-electron chi connectivity index (χ0n) is 17.7. The lowest BCUT2D eigenvalue weighted by Crippen LogP contribution is -2.07. The van der Waals surface area contributed by atoms with E-state index in [9.17, 15) is 15.0 Å². The summed E-state index contributed by atoms with van der Waals surface area (Å²) in [7, 11) is 0. The van der Waals surface area contributed by atoms with Crippen LogP contribution < -0.4 is 0 Å². The van der Waals surface area contributed by atoms with Crippen molar-refractivity contribution in [2.75, 3.05) is 5.75 Å². The number of aromatic nitrogens is 2.